The average molecular weight is 513 g/mol. The standard InChI is InChI=1S/C35H28O4/c1-24-13-14-25(22-31(24)27-9-5-3-6-10-27)21-26-15-20-33(32(23-26)28-11-7-4-8-12-28)39-35(37)30-18-16-29(17-19-30)34(36)38-2/h3-20,22-23H,21H2,1-2H3. The van der Waals surface area contributed by atoms with Crippen LogP contribution in [0.4, 0.5) is 0 Å². The van der Waals surface area contributed by atoms with Gasteiger partial charge in [-0.1, -0.05) is 84.9 Å². The van der Waals surface area contributed by atoms with E-state index in [1.165, 1.54) is 29.4 Å². The zero-order valence-corrected chi connectivity index (χ0v) is 21.9. The van der Waals surface area contributed by atoms with E-state index < -0.39 is 11.9 Å². The van der Waals surface area contributed by atoms with Crippen molar-refractivity contribution in [2.24, 2.45) is 0 Å². The van der Waals surface area contributed by atoms with Crippen molar-refractivity contribution in [3.63, 3.8) is 0 Å². The fourth-order valence-electron chi connectivity index (χ4n) is 4.58. The minimum absolute atomic E-state index is 0.346. The number of esters is 2. The van der Waals surface area contributed by atoms with Crippen molar-refractivity contribution >= 4 is 11.9 Å². The summed E-state index contributed by atoms with van der Waals surface area (Å²) in [6.45, 7) is 2.13. The molecule has 5 rings (SSSR count). The van der Waals surface area contributed by atoms with Crippen LogP contribution in [0, 0.1) is 6.92 Å². The van der Waals surface area contributed by atoms with Crippen LogP contribution in [0.1, 0.15) is 37.4 Å². The lowest BCUT2D eigenvalue weighted by Gasteiger charge is -2.14. The van der Waals surface area contributed by atoms with Crippen LogP contribution in [0.25, 0.3) is 22.3 Å². The second-order valence-electron chi connectivity index (χ2n) is 9.35. The van der Waals surface area contributed by atoms with Crippen molar-refractivity contribution < 1.29 is 19.1 Å². The summed E-state index contributed by atoms with van der Waals surface area (Å²) >= 11 is 0. The van der Waals surface area contributed by atoms with E-state index in [0.717, 1.165) is 23.1 Å². The number of benzene rings is 5. The lowest BCUT2D eigenvalue weighted by atomic mass is 9.94. The van der Waals surface area contributed by atoms with E-state index in [-0.39, 0.29) is 0 Å². The zero-order chi connectivity index (χ0) is 27.2. The van der Waals surface area contributed by atoms with E-state index in [4.69, 9.17) is 9.47 Å². The highest BCUT2D eigenvalue weighted by Crippen LogP contribution is 2.33. The summed E-state index contributed by atoms with van der Waals surface area (Å²) in [5, 5.41) is 0. The highest BCUT2D eigenvalue weighted by molar-refractivity contribution is 5.94. The first kappa shape index (κ1) is 25.7. The molecule has 0 N–H and O–H groups in total. The van der Waals surface area contributed by atoms with E-state index in [1.54, 1.807) is 24.3 Å². The maximum Gasteiger partial charge on any atom is 0.343 e. The third-order valence-corrected chi connectivity index (χ3v) is 6.67. The number of carbonyl (C=O) groups excluding carboxylic acids is 2. The maximum absolute atomic E-state index is 13.0. The Balaban J connectivity index is 1.44. The molecule has 0 aliphatic heterocycles. The van der Waals surface area contributed by atoms with Crippen LogP contribution in [-0.4, -0.2) is 19.0 Å². The van der Waals surface area contributed by atoms with E-state index in [1.807, 2.05) is 48.5 Å². The van der Waals surface area contributed by atoms with Gasteiger partial charge in [0.25, 0.3) is 0 Å². The van der Waals surface area contributed by atoms with Gasteiger partial charge in [-0.15, -0.1) is 0 Å². The fraction of sp³-hybridized carbons (Fsp3) is 0.0857. The average Bonchev–Trinajstić information content (AvgIpc) is 2.99. The van der Waals surface area contributed by atoms with Gasteiger partial charge in [0.1, 0.15) is 5.75 Å². The fourth-order valence-corrected chi connectivity index (χ4v) is 4.58. The topological polar surface area (TPSA) is 52.6 Å². The van der Waals surface area contributed by atoms with Crippen molar-refractivity contribution in [3.8, 4) is 28.0 Å². The van der Waals surface area contributed by atoms with Crippen LogP contribution >= 0.6 is 0 Å². The van der Waals surface area contributed by atoms with E-state index in [2.05, 4.69) is 55.5 Å². The Labute approximate surface area is 228 Å². The van der Waals surface area contributed by atoms with Crippen molar-refractivity contribution in [3.05, 3.63) is 149 Å². The number of hydrogen-bond donors (Lipinski definition) is 0. The van der Waals surface area contributed by atoms with Gasteiger partial charge in [0.2, 0.25) is 0 Å². The van der Waals surface area contributed by atoms with Gasteiger partial charge in [0.15, 0.2) is 0 Å². The summed E-state index contributed by atoms with van der Waals surface area (Å²) in [7, 11) is 1.32. The normalized spacial score (nSPS) is 10.6. The predicted molar refractivity (Wildman–Crippen MR) is 154 cm³/mol. The van der Waals surface area contributed by atoms with Crippen molar-refractivity contribution in [1.29, 1.82) is 0 Å². The van der Waals surface area contributed by atoms with Crippen LogP contribution in [0.3, 0.4) is 0 Å². The summed E-state index contributed by atoms with van der Waals surface area (Å²) in [5.74, 6) is -0.482. The van der Waals surface area contributed by atoms with E-state index in [9.17, 15) is 9.59 Å². The molecule has 0 saturated heterocycles. The Bertz CT molecular complexity index is 1600. The SMILES string of the molecule is COC(=O)c1ccc(C(=O)Oc2ccc(Cc3ccc(C)c(-c4ccccc4)c3)cc2-c2ccccc2)cc1. The summed E-state index contributed by atoms with van der Waals surface area (Å²) < 4.78 is 10.6. The Hall–Kier alpha value is -4.96. The lowest BCUT2D eigenvalue weighted by Crippen LogP contribution is -2.10. The first-order chi connectivity index (χ1) is 19.0. The summed E-state index contributed by atoms with van der Waals surface area (Å²) in [5.41, 5.74) is 8.47. The van der Waals surface area contributed by atoms with Crippen molar-refractivity contribution in [2.75, 3.05) is 7.11 Å². The maximum atomic E-state index is 13.0. The van der Waals surface area contributed by atoms with Gasteiger partial charge in [-0.05, 0) is 83.1 Å². The number of ether oxygens (including phenoxy) is 2. The molecule has 0 heterocycles. The van der Waals surface area contributed by atoms with Crippen molar-refractivity contribution in [2.45, 2.75) is 13.3 Å². The Morgan fingerprint density at radius 2 is 1.10 bits per heavy atom. The highest BCUT2D eigenvalue weighted by Gasteiger charge is 2.15. The molecule has 0 bridgehead atoms. The third kappa shape index (κ3) is 5.97. The molecule has 192 valence electrons. The van der Waals surface area contributed by atoms with Gasteiger partial charge in [0, 0.05) is 5.56 Å². The largest absolute Gasteiger partial charge is 0.465 e. The highest BCUT2D eigenvalue weighted by atomic mass is 16.5. The molecule has 39 heavy (non-hydrogen) atoms. The molecule has 4 heteroatoms. The van der Waals surface area contributed by atoms with Crippen LogP contribution in [0.15, 0.2) is 121 Å². The lowest BCUT2D eigenvalue weighted by molar-refractivity contribution is 0.0599. The molecule has 0 atom stereocenters. The molecule has 0 radical (unpaired) electrons. The molecule has 0 saturated carbocycles. The molecule has 0 aliphatic carbocycles. The Morgan fingerprint density at radius 3 is 1.69 bits per heavy atom. The monoisotopic (exact) mass is 512 g/mol. The molecule has 0 aliphatic rings. The third-order valence-electron chi connectivity index (χ3n) is 6.67. The molecular formula is C35H28O4. The van der Waals surface area contributed by atoms with Gasteiger partial charge in [-0.3, -0.25) is 0 Å². The van der Waals surface area contributed by atoms with Crippen LogP contribution in [0.2, 0.25) is 0 Å². The summed E-state index contributed by atoms with van der Waals surface area (Å²) in [4.78, 5) is 24.7. The first-order valence-corrected chi connectivity index (χ1v) is 12.8. The van der Waals surface area contributed by atoms with Gasteiger partial charge in [-0.25, -0.2) is 9.59 Å². The molecule has 0 aromatic heterocycles. The Kier molecular flexibility index (Phi) is 7.65. The quantitative estimate of drug-likeness (QED) is 0.164. The summed E-state index contributed by atoms with van der Waals surface area (Å²) in [6, 6.07) is 39.0. The molecule has 4 nitrogen and oxygen atoms in total. The van der Waals surface area contributed by atoms with E-state index in [0.29, 0.717) is 16.9 Å². The molecule has 0 fully saturated rings. The molecule has 0 spiro atoms. The molecule has 5 aromatic rings. The number of rotatable bonds is 7. The van der Waals surface area contributed by atoms with Crippen LogP contribution in [0.5, 0.6) is 5.75 Å². The van der Waals surface area contributed by atoms with Gasteiger partial charge < -0.3 is 9.47 Å². The second kappa shape index (κ2) is 11.6. The van der Waals surface area contributed by atoms with Gasteiger partial charge in [0.05, 0.1) is 18.2 Å². The molecule has 0 unspecified atom stereocenters. The second-order valence-corrected chi connectivity index (χ2v) is 9.35. The Morgan fingerprint density at radius 1 is 0.590 bits per heavy atom. The van der Waals surface area contributed by atoms with Crippen LogP contribution in [-0.2, 0) is 11.2 Å². The van der Waals surface area contributed by atoms with Crippen LogP contribution < -0.4 is 4.74 Å². The summed E-state index contributed by atoms with van der Waals surface area (Å²) in [6.07, 6.45) is 0.739. The predicted octanol–water partition coefficient (Wildman–Crippen LogP) is 7.93. The minimum atomic E-state index is -0.498. The van der Waals surface area contributed by atoms with Gasteiger partial charge >= 0.3 is 11.9 Å². The minimum Gasteiger partial charge on any atom is -0.465 e. The van der Waals surface area contributed by atoms with Gasteiger partial charge in [-0.2, -0.15) is 0 Å². The molecular weight excluding hydrogens is 484 g/mol. The number of aryl methyl sites for hydroxylation is 1. The number of hydrogen-bond acceptors (Lipinski definition) is 4. The smallest absolute Gasteiger partial charge is 0.343 e. The number of methoxy groups -OCH3 is 1. The molecule has 5 aromatic carbocycles. The number of carbonyl (C=O) groups is 2. The zero-order valence-electron chi connectivity index (χ0n) is 21.9. The molecule has 0 amide bonds. The van der Waals surface area contributed by atoms with E-state index >= 15 is 0 Å². The van der Waals surface area contributed by atoms with Crippen molar-refractivity contribution in [1.82, 2.24) is 0 Å². The first-order valence-electron chi connectivity index (χ1n) is 12.8.